The number of amidine groups is 1. The molecule has 1 aliphatic carbocycles. The molecule has 0 aromatic heterocycles. The van der Waals surface area contributed by atoms with Crippen molar-refractivity contribution in [2.24, 2.45) is 9.98 Å². The van der Waals surface area contributed by atoms with Gasteiger partial charge in [0.2, 0.25) is 0 Å². The van der Waals surface area contributed by atoms with Gasteiger partial charge in [-0.3, -0.25) is 4.99 Å². The molecule has 0 spiro atoms. The number of allylic oxidation sites excluding steroid dienone is 2. The van der Waals surface area contributed by atoms with Crippen LogP contribution in [0.3, 0.4) is 0 Å². The smallest absolute Gasteiger partial charge is 0.121 e. The van der Waals surface area contributed by atoms with E-state index in [1.54, 1.807) is 0 Å². The molecule has 2 aliphatic rings. The molecule has 0 fully saturated rings. The maximum absolute atomic E-state index is 4.39. The fourth-order valence-corrected chi connectivity index (χ4v) is 1.49. The Hall–Kier alpha value is -1.18. The van der Waals surface area contributed by atoms with Gasteiger partial charge in [-0.1, -0.05) is 6.08 Å². The van der Waals surface area contributed by atoms with Crippen LogP contribution in [0.1, 0.15) is 20.8 Å². The summed E-state index contributed by atoms with van der Waals surface area (Å²) in [5, 5.41) is 0. The van der Waals surface area contributed by atoms with Crippen LogP contribution in [-0.4, -0.2) is 17.6 Å². The summed E-state index contributed by atoms with van der Waals surface area (Å²) in [5.41, 5.74) is 3.71. The molecule has 0 saturated heterocycles. The van der Waals surface area contributed by atoms with Gasteiger partial charge in [0, 0.05) is 0 Å². The zero-order valence-corrected chi connectivity index (χ0v) is 7.63. The summed E-state index contributed by atoms with van der Waals surface area (Å²) < 4.78 is 0. The lowest BCUT2D eigenvalue weighted by atomic mass is 9.96. The van der Waals surface area contributed by atoms with Gasteiger partial charge >= 0.3 is 0 Å². The van der Waals surface area contributed by atoms with Gasteiger partial charge in [0.25, 0.3) is 0 Å². The number of fused-ring (bicyclic) bond motifs is 1. The highest BCUT2D eigenvalue weighted by Gasteiger charge is 2.20. The van der Waals surface area contributed by atoms with E-state index in [9.17, 15) is 0 Å². The highest BCUT2D eigenvalue weighted by molar-refractivity contribution is 6.13. The molecule has 0 aromatic carbocycles. The maximum atomic E-state index is 4.39. The zero-order valence-electron chi connectivity index (χ0n) is 7.63. The van der Waals surface area contributed by atoms with Crippen molar-refractivity contribution in [1.82, 2.24) is 0 Å². The predicted molar refractivity (Wildman–Crippen MR) is 51.8 cm³/mol. The van der Waals surface area contributed by atoms with E-state index in [0.717, 1.165) is 11.5 Å². The average Bonchev–Trinajstić information content (AvgIpc) is 2.30. The quantitative estimate of drug-likeness (QED) is 0.518. The molecule has 2 heteroatoms. The Morgan fingerprint density at radius 1 is 1.17 bits per heavy atom. The van der Waals surface area contributed by atoms with Crippen molar-refractivity contribution < 1.29 is 0 Å². The Bertz CT molecular complexity index is 343. The molecule has 0 bridgehead atoms. The highest BCUT2D eigenvalue weighted by Crippen LogP contribution is 2.21. The summed E-state index contributed by atoms with van der Waals surface area (Å²) in [7, 11) is 0. The van der Waals surface area contributed by atoms with Crippen molar-refractivity contribution in [1.29, 1.82) is 0 Å². The molecular formula is C10H12N2. The average molecular weight is 160 g/mol. The lowest BCUT2D eigenvalue weighted by Gasteiger charge is -2.12. The van der Waals surface area contributed by atoms with E-state index >= 15 is 0 Å². The minimum absolute atomic E-state index is 0.202. The van der Waals surface area contributed by atoms with E-state index in [4.69, 9.17) is 0 Å². The van der Waals surface area contributed by atoms with Gasteiger partial charge in [-0.2, -0.15) is 0 Å². The Balaban J connectivity index is 2.43. The second-order valence-electron chi connectivity index (χ2n) is 3.33. The van der Waals surface area contributed by atoms with Crippen molar-refractivity contribution in [3.63, 3.8) is 0 Å². The first kappa shape index (κ1) is 7.47. The van der Waals surface area contributed by atoms with E-state index in [2.05, 4.69) is 36.0 Å². The Morgan fingerprint density at radius 3 is 2.67 bits per heavy atom. The fraction of sp³-hybridized carbons (Fsp3) is 0.400. The van der Waals surface area contributed by atoms with E-state index < -0.39 is 0 Å². The topological polar surface area (TPSA) is 24.7 Å². The van der Waals surface area contributed by atoms with Crippen molar-refractivity contribution in [2.45, 2.75) is 26.8 Å². The summed E-state index contributed by atoms with van der Waals surface area (Å²) in [6.45, 7) is 6.17. The first-order valence-corrected chi connectivity index (χ1v) is 4.17. The Morgan fingerprint density at radius 2 is 1.92 bits per heavy atom. The molecule has 0 aromatic rings. The van der Waals surface area contributed by atoms with Crippen LogP contribution in [0.4, 0.5) is 0 Å². The molecule has 62 valence electrons. The molecule has 1 atom stereocenters. The van der Waals surface area contributed by atoms with Crippen molar-refractivity contribution in [2.75, 3.05) is 0 Å². The summed E-state index contributed by atoms with van der Waals surface area (Å²) in [4.78, 5) is 8.73. The third-order valence-electron chi connectivity index (χ3n) is 2.31. The monoisotopic (exact) mass is 160 g/mol. The highest BCUT2D eigenvalue weighted by atomic mass is 15.0. The van der Waals surface area contributed by atoms with E-state index in [1.807, 2.05) is 6.92 Å². The third kappa shape index (κ3) is 1.04. The fourth-order valence-electron chi connectivity index (χ4n) is 1.49. The number of hydrogen-bond donors (Lipinski definition) is 0. The molecule has 1 unspecified atom stereocenters. The zero-order chi connectivity index (χ0) is 8.72. The van der Waals surface area contributed by atoms with Crippen LogP contribution in [0.2, 0.25) is 0 Å². The lowest BCUT2D eigenvalue weighted by molar-refractivity contribution is 1.07. The molecule has 2 nitrogen and oxygen atoms in total. The lowest BCUT2D eigenvalue weighted by Crippen LogP contribution is -2.15. The minimum Gasteiger partial charge on any atom is -0.257 e. The minimum atomic E-state index is 0.202. The van der Waals surface area contributed by atoms with Gasteiger partial charge in [0.1, 0.15) is 11.9 Å². The number of hydrogen-bond acceptors (Lipinski definition) is 2. The van der Waals surface area contributed by atoms with Gasteiger partial charge in [-0.05, 0) is 38.0 Å². The molecule has 0 amide bonds. The second kappa shape index (κ2) is 2.41. The first-order chi connectivity index (χ1) is 5.66. The van der Waals surface area contributed by atoms with Crippen LogP contribution in [0.15, 0.2) is 33.3 Å². The maximum Gasteiger partial charge on any atom is 0.121 e. The third-order valence-corrected chi connectivity index (χ3v) is 2.31. The molecule has 1 heterocycles. The van der Waals surface area contributed by atoms with Gasteiger partial charge < -0.3 is 0 Å². The number of aliphatic imine (C=N–C) groups is 2. The summed E-state index contributed by atoms with van der Waals surface area (Å²) in [6.07, 6.45) is 4.30. The first-order valence-electron chi connectivity index (χ1n) is 4.17. The van der Waals surface area contributed by atoms with Gasteiger partial charge in [-0.15, -0.1) is 0 Å². The molecule has 12 heavy (non-hydrogen) atoms. The molecule has 0 N–H and O–H groups in total. The largest absolute Gasteiger partial charge is 0.257 e. The van der Waals surface area contributed by atoms with E-state index in [-0.39, 0.29) is 6.04 Å². The van der Waals surface area contributed by atoms with E-state index in [0.29, 0.717) is 0 Å². The number of rotatable bonds is 0. The van der Waals surface area contributed by atoms with Crippen LogP contribution in [0.5, 0.6) is 0 Å². The van der Waals surface area contributed by atoms with Crippen molar-refractivity contribution in [3.05, 3.63) is 23.3 Å². The molecular weight excluding hydrogens is 148 g/mol. The van der Waals surface area contributed by atoms with Crippen molar-refractivity contribution >= 4 is 11.5 Å². The molecule has 0 saturated carbocycles. The Kier molecular flexibility index (Phi) is 1.50. The van der Waals surface area contributed by atoms with Crippen LogP contribution in [-0.2, 0) is 0 Å². The Labute approximate surface area is 72.4 Å². The van der Waals surface area contributed by atoms with Gasteiger partial charge in [0.05, 0.1) is 5.71 Å². The van der Waals surface area contributed by atoms with Crippen LogP contribution >= 0.6 is 0 Å². The van der Waals surface area contributed by atoms with Crippen LogP contribution < -0.4 is 0 Å². The number of nitrogens with zero attached hydrogens (tertiary/aromatic N) is 2. The second-order valence-corrected chi connectivity index (χ2v) is 3.33. The van der Waals surface area contributed by atoms with Crippen LogP contribution in [0.25, 0.3) is 0 Å². The summed E-state index contributed by atoms with van der Waals surface area (Å²) in [5.74, 6) is 0.894. The normalized spacial score (nSPS) is 27.1. The molecule has 0 radical (unpaired) electrons. The summed E-state index contributed by atoms with van der Waals surface area (Å²) >= 11 is 0. The predicted octanol–water partition coefficient (Wildman–Crippen LogP) is 2.13. The van der Waals surface area contributed by atoms with Crippen molar-refractivity contribution in [3.8, 4) is 0 Å². The van der Waals surface area contributed by atoms with Crippen LogP contribution in [0, 0.1) is 0 Å². The molecule has 1 aliphatic heterocycles. The van der Waals surface area contributed by atoms with Gasteiger partial charge in [-0.25, -0.2) is 4.99 Å². The SMILES string of the molecule is CC1=CC2=NC(C)=NC2C=C1C. The van der Waals surface area contributed by atoms with E-state index in [1.165, 1.54) is 11.1 Å². The standard InChI is InChI=1S/C10H12N2/c1-6-4-9-10(5-7(6)2)12-8(3)11-9/h4-5,9H,1-3H3. The molecule has 2 rings (SSSR count). The summed E-state index contributed by atoms with van der Waals surface area (Å²) in [6, 6.07) is 0.202. The van der Waals surface area contributed by atoms with Gasteiger partial charge in [0.15, 0.2) is 0 Å².